The summed E-state index contributed by atoms with van der Waals surface area (Å²) in [5.41, 5.74) is 5.53. The summed E-state index contributed by atoms with van der Waals surface area (Å²) in [5, 5.41) is 0. The summed E-state index contributed by atoms with van der Waals surface area (Å²) in [6.45, 7) is 4.19. The van der Waals surface area contributed by atoms with Crippen molar-refractivity contribution in [2.45, 2.75) is 50.6 Å². The molecule has 4 nitrogen and oxygen atoms in total. The number of hydrogen-bond acceptors (Lipinski definition) is 3. The van der Waals surface area contributed by atoms with Crippen LogP contribution in [-0.4, -0.2) is 14.5 Å². The maximum absolute atomic E-state index is 13.7. The summed E-state index contributed by atoms with van der Waals surface area (Å²) < 4.78 is 41.4. The average Bonchev–Trinajstić information content (AvgIpc) is 2.42. The van der Waals surface area contributed by atoms with Gasteiger partial charge < -0.3 is 5.73 Å². The van der Waals surface area contributed by atoms with Crippen LogP contribution in [0.3, 0.4) is 0 Å². The van der Waals surface area contributed by atoms with Crippen molar-refractivity contribution < 1.29 is 12.8 Å². The van der Waals surface area contributed by atoms with Crippen LogP contribution in [0.4, 0.5) is 4.39 Å². The van der Waals surface area contributed by atoms with Gasteiger partial charge in [-0.05, 0) is 43.2 Å². The molecular weight excluding hydrogens is 291 g/mol. The fourth-order valence-electron chi connectivity index (χ4n) is 2.93. The summed E-state index contributed by atoms with van der Waals surface area (Å²) in [6.07, 6.45) is 2.63. The number of hydrogen-bond donors (Lipinski definition) is 2. The molecule has 1 aromatic rings. The van der Waals surface area contributed by atoms with E-state index in [-0.39, 0.29) is 23.0 Å². The molecule has 118 valence electrons. The monoisotopic (exact) mass is 314 g/mol. The highest BCUT2D eigenvalue weighted by atomic mass is 32.2. The van der Waals surface area contributed by atoms with Crippen molar-refractivity contribution in [1.29, 1.82) is 0 Å². The maximum atomic E-state index is 13.7. The van der Waals surface area contributed by atoms with Gasteiger partial charge in [0.2, 0.25) is 10.0 Å². The van der Waals surface area contributed by atoms with Crippen molar-refractivity contribution in [2.24, 2.45) is 17.6 Å². The van der Waals surface area contributed by atoms with Gasteiger partial charge in [-0.15, -0.1) is 0 Å². The van der Waals surface area contributed by atoms with Gasteiger partial charge in [-0.3, -0.25) is 0 Å². The van der Waals surface area contributed by atoms with Crippen molar-refractivity contribution in [3.05, 3.63) is 29.6 Å². The van der Waals surface area contributed by atoms with E-state index in [9.17, 15) is 12.8 Å². The minimum Gasteiger partial charge on any atom is -0.326 e. The number of nitrogens with two attached hydrogens (primary N) is 1. The SMILES string of the molecule is CC1CCC(NS(=O)(=O)c2cccc(F)c2CN)CC1C. The topological polar surface area (TPSA) is 72.2 Å². The summed E-state index contributed by atoms with van der Waals surface area (Å²) in [6, 6.07) is 3.94. The number of nitrogens with one attached hydrogen (secondary N) is 1. The van der Waals surface area contributed by atoms with E-state index in [0.717, 1.165) is 19.3 Å². The first-order chi connectivity index (χ1) is 9.85. The van der Waals surface area contributed by atoms with E-state index in [4.69, 9.17) is 5.73 Å². The Balaban J connectivity index is 2.21. The third-order valence-electron chi connectivity index (χ3n) is 4.49. The van der Waals surface area contributed by atoms with Crippen molar-refractivity contribution >= 4 is 10.0 Å². The highest BCUT2D eigenvalue weighted by Gasteiger charge is 2.29. The fourth-order valence-corrected chi connectivity index (χ4v) is 4.47. The average molecular weight is 314 g/mol. The summed E-state index contributed by atoms with van der Waals surface area (Å²) in [5.74, 6) is 0.512. The largest absolute Gasteiger partial charge is 0.326 e. The van der Waals surface area contributed by atoms with Crippen molar-refractivity contribution in [1.82, 2.24) is 4.72 Å². The fraction of sp³-hybridized carbons (Fsp3) is 0.600. The number of sulfonamides is 1. The zero-order valence-corrected chi connectivity index (χ0v) is 13.3. The van der Waals surface area contributed by atoms with Gasteiger partial charge in [0.05, 0.1) is 4.90 Å². The smallest absolute Gasteiger partial charge is 0.241 e. The Morgan fingerprint density at radius 1 is 1.29 bits per heavy atom. The molecule has 0 saturated heterocycles. The van der Waals surface area contributed by atoms with Crippen LogP contribution in [0.5, 0.6) is 0 Å². The molecule has 1 aromatic carbocycles. The molecule has 0 heterocycles. The first-order valence-electron chi connectivity index (χ1n) is 7.35. The van der Waals surface area contributed by atoms with E-state index in [1.54, 1.807) is 0 Å². The van der Waals surface area contributed by atoms with Crippen LogP contribution >= 0.6 is 0 Å². The minimum atomic E-state index is -3.74. The molecule has 3 N–H and O–H groups in total. The van der Waals surface area contributed by atoms with Crippen LogP contribution in [0.25, 0.3) is 0 Å². The predicted molar refractivity (Wildman–Crippen MR) is 80.6 cm³/mol. The molecule has 3 atom stereocenters. The number of rotatable bonds is 4. The quantitative estimate of drug-likeness (QED) is 0.896. The van der Waals surface area contributed by atoms with E-state index < -0.39 is 15.8 Å². The van der Waals surface area contributed by atoms with Gasteiger partial charge in [-0.25, -0.2) is 17.5 Å². The molecule has 0 aromatic heterocycles. The van der Waals surface area contributed by atoms with Gasteiger partial charge in [0.25, 0.3) is 0 Å². The van der Waals surface area contributed by atoms with E-state index in [1.807, 2.05) is 0 Å². The van der Waals surface area contributed by atoms with Gasteiger partial charge in [0.1, 0.15) is 5.82 Å². The summed E-state index contributed by atoms with van der Waals surface area (Å²) in [4.78, 5) is -0.0451. The van der Waals surface area contributed by atoms with Crippen molar-refractivity contribution in [3.63, 3.8) is 0 Å². The van der Waals surface area contributed by atoms with Crippen LogP contribution in [0.1, 0.15) is 38.7 Å². The first kappa shape index (κ1) is 16.4. The molecule has 2 rings (SSSR count). The second-order valence-electron chi connectivity index (χ2n) is 6.01. The van der Waals surface area contributed by atoms with Gasteiger partial charge in [-0.1, -0.05) is 19.9 Å². The Labute approximate surface area is 126 Å². The molecule has 0 amide bonds. The highest BCUT2D eigenvalue weighted by Crippen LogP contribution is 2.30. The Morgan fingerprint density at radius 3 is 2.62 bits per heavy atom. The van der Waals surface area contributed by atoms with Gasteiger partial charge in [-0.2, -0.15) is 0 Å². The molecule has 21 heavy (non-hydrogen) atoms. The van der Waals surface area contributed by atoms with Gasteiger partial charge in [0.15, 0.2) is 0 Å². The second-order valence-corrected chi connectivity index (χ2v) is 7.69. The lowest BCUT2D eigenvalue weighted by molar-refractivity contribution is 0.242. The standard InChI is InChI=1S/C15H23FN2O2S/c1-10-6-7-12(8-11(10)2)18-21(19,20)15-5-3-4-14(16)13(15)9-17/h3-5,10-12,18H,6-9,17H2,1-2H3. The van der Waals surface area contributed by atoms with Crippen molar-refractivity contribution in [3.8, 4) is 0 Å². The second kappa shape index (κ2) is 6.42. The molecular formula is C15H23FN2O2S. The molecule has 6 heteroatoms. The summed E-state index contributed by atoms with van der Waals surface area (Å²) in [7, 11) is -3.74. The van der Waals surface area contributed by atoms with Crippen molar-refractivity contribution in [2.75, 3.05) is 0 Å². The lowest BCUT2D eigenvalue weighted by Crippen LogP contribution is -2.40. The van der Waals surface area contributed by atoms with Crippen LogP contribution in [0.2, 0.25) is 0 Å². The number of halogens is 1. The minimum absolute atomic E-state index is 0.0437. The third-order valence-corrected chi connectivity index (χ3v) is 6.09. The maximum Gasteiger partial charge on any atom is 0.241 e. The van der Waals surface area contributed by atoms with Crippen LogP contribution < -0.4 is 10.5 Å². The van der Waals surface area contributed by atoms with E-state index in [2.05, 4.69) is 18.6 Å². The van der Waals surface area contributed by atoms with Gasteiger partial charge >= 0.3 is 0 Å². The molecule has 1 saturated carbocycles. The third kappa shape index (κ3) is 3.62. The Bertz CT molecular complexity index is 604. The lowest BCUT2D eigenvalue weighted by Gasteiger charge is -2.32. The Kier molecular flexibility index (Phi) is 5.01. The molecule has 1 aliphatic carbocycles. The van der Waals surface area contributed by atoms with E-state index in [0.29, 0.717) is 11.8 Å². The van der Waals surface area contributed by atoms with Crippen LogP contribution in [-0.2, 0) is 16.6 Å². The Hall–Kier alpha value is -0.980. The molecule has 1 fully saturated rings. The molecule has 0 spiro atoms. The highest BCUT2D eigenvalue weighted by molar-refractivity contribution is 7.89. The molecule has 1 aliphatic rings. The Morgan fingerprint density at radius 2 is 2.00 bits per heavy atom. The lowest BCUT2D eigenvalue weighted by atomic mass is 9.79. The number of benzene rings is 1. The predicted octanol–water partition coefficient (Wildman–Crippen LogP) is 2.39. The summed E-state index contributed by atoms with van der Waals surface area (Å²) >= 11 is 0. The van der Waals surface area contributed by atoms with Crippen LogP contribution in [0, 0.1) is 17.7 Å². The van der Waals surface area contributed by atoms with E-state index >= 15 is 0 Å². The zero-order valence-electron chi connectivity index (χ0n) is 12.5. The molecule has 0 bridgehead atoms. The van der Waals surface area contributed by atoms with Gasteiger partial charge in [0, 0.05) is 18.2 Å². The molecule has 3 unspecified atom stereocenters. The molecule has 0 aliphatic heterocycles. The van der Waals surface area contributed by atoms with E-state index in [1.165, 1.54) is 18.2 Å². The zero-order chi connectivity index (χ0) is 15.6. The first-order valence-corrected chi connectivity index (χ1v) is 8.83. The van der Waals surface area contributed by atoms with Crippen LogP contribution in [0.15, 0.2) is 23.1 Å². The molecule has 0 radical (unpaired) electrons. The normalized spacial score (nSPS) is 26.8.